The molecule has 3 aliphatic heterocycles. The maximum Gasteiger partial charge on any atom is 0.251 e. The third kappa shape index (κ3) is 4.06. The van der Waals surface area contributed by atoms with Crippen LogP contribution in [-0.2, 0) is 4.74 Å². The molecule has 1 aromatic heterocycles. The van der Waals surface area contributed by atoms with Crippen LogP contribution in [0.2, 0.25) is 0 Å². The molecule has 0 aliphatic carbocycles. The molecule has 4 heterocycles. The zero-order chi connectivity index (χ0) is 19.6. The summed E-state index contributed by atoms with van der Waals surface area (Å²) in [5, 5.41) is 6.72. The summed E-state index contributed by atoms with van der Waals surface area (Å²) in [5.74, 6) is 1.34. The maximum atomic E-state index is 12.6. The lowest BCUT2D eigenvalue weighted by Gasteiger charge is -2.28. The zero-order valence-electron chi connectivity index (χ0n) is 16.3. The fourth-order valence-corrected chi connectivity index (χ4v) is 4.50. The zero-order valence-corrected chi connectivity index (χ0v) is 16.3. The molecule has 0 unspecified atom stereocenters. The molecule has 0 radical (unpaired) electrons. The van der Waals surface area contributed by atoms with E-state index in [1.165, 1.54) is 6.42 Å². The number of morpholine rings is 1. The molecule has 0 saturated carbocycles. The van der Waals surface area contributed by atoms with Crippen molar-refractivity contribution < 1.29 is 14.3 Å². The maximum absolute atomic E-state index is 12.6. The average Bonchev–Trinajstić information content (AvgIpc) is 3.38. The van der Waals surface area contributed by atoms with Crippen LogP contribution in [-0.4, -0.2) is 55.3 Å². The first-order valence-corrected chi connectivity index (χ1v) is 10.4. The molecule has 7 heteroatoms. The number of rotatable bonds is 5. The number of ether oxygens (including phenoxy) is 2. The second-order valence-corrected chi connectivity index (χ2v) is 7.97. The molecule has 29 heavy (non-hydrogen) atoms. The predicted molar refractivity (Wildman–Crippen MR) is 110 cm³/mol. The normalized spacial score (nSPS) is 25.8. The van der Waals surface area contributed by atoms with Crippen molar-refractivity contribution in [2.45, 2.75) is 37.4 Å². The Morgan fingerprint density at radius 3 is 2.69 bits per heavy atom. The first-order chi connectivity index (χ1) is 14.2. The van der Waals surface area contributed by atoms with Gasteiger partial charge in [0.15, 0.2) is 0 Å². The van der Waals surface area contributed by atoms with E-state index in [2.05, 4.69) is 20.5 Å². The number of nitrogens with zero attached hydrogens (tertiary/aromatic N) is 2. The van der Waals surface area contributed by atoms with Gasteiger partial charge in [-0.05, 0) is 43.5 Å². The van der Waals surface area contributed by atoms with Crippen molar-refractivity contribution >= 4 is 11.6 Å². The fourth-order valence-electron chi connectivity index (χ4n) is 4.50. The minimum atomic E-state index is -0.0214. The van der Waals surface area contributed by atoms with Crippen LogP contribution >= 0.6 is 0 Å². The van der Waals surface area contributed by atoms with Crippen molar-refractivity contribution in [1.82, 2.24) is 15.6 Å². The van der Waals surface area contributed by atoms with Gasteiger partial charge in [-0.15, -0.1) is 0 Å². The number of fused-ring (bicyclic) bond motifs is 2. The van der Waals surface area contributed by atoms with Gasteiger partial charge in [0.25, 0.3) is 5.91 Å². The van der Waals surface area contributed by atoms with Crippen LogP contribution in [0.1, 0.15) is 29.6 Å². The number of anilines is 1. The van der Waals surface area contributed by atoms with Crippen molar-refractivity contribution in [3.63, 3.8) is 0 Å². The molecule has 152 valence electrons. The molecule has 3 aliphatic rings. The molecule has 2 bridgehead atoms. The Morgan fingerprint density at radius 2 is 1.97 bits per heavy atom. The molecule has 3 atom stereocenters. The second kappa shape index (κ2) is 8.00. The predicted octanol–water partition coefficient (Wildman–Crippen LogP) is 2.33. The smallest absolute Gasteiger partial charge is 0.251 e. The SMILES string of the molecule is O=C(N[C@@H]1C[C@H]2CC[C@@H]1N2)c1ccc(Oc2cncc(N3CCOCC3)c2)cc1. The van der Waals surface area contributed by atoms with Gasteiger partial charge in [-0.3, -0.25) is 9.78 Å². The Labute approximate surface area is 170 Å². The number of amides is 1. The van der Waals surface area contributed by atoms with Crippen LogP contribution < -0.4 is 20.3 Å². The summed E-state index contributed by atoms with van der Waals surface area (Å²) in [5.41, 5.74) is 1.68. The number of nitrogens with one attached hydrogen (secondary N) is 2. The van der Waals surface area contributed by atoms with Gasteiger partial charge in [0.1, 0.15) is 11.5 Å². The summed E-state index contributed by atoms with van der Waals surface area (Å²) in [6, 6.07) is 10.5. The lowest BCUT2D eigenvalue weighted by molar-refractivity contribution is 0.0931. The molecule has 7 nitrogen and oxygen atoms in total. The Morgan fingerprint density at radius 1 is 1.14 bits per heavy atom. The van der Waals surface area contributed by atoms with Gasteiger partial charge in [0, 0.05) is 42.8 Å². The number of carbonyl (C=O) groups is 1. The monoisotopic (exact) mass is 394 g/mol. The van der Waals surface area contributed by atoms with Gasteiger partial charge >= 0.3 is 0 Å². The lowest BCUT2D eigenvalue weighted by Crippen LogP contribution is -2.42. The van der Waals surface area contributed by atoms with Crippen LogP contribution in [0.15, 0.2) is 42.7 Å². The highest BCUT2D eigenvalue weighted by Gasteiger charge is 2.39. The number of carbonyl (C=O) groups excluding carboxylic acids is 1. The summed E-state index contributed by atoms with van der Waals surface area (Å²) in [6.07, 6.45) is 6.96. The molecule has 2 N–H and O–H groups in total. The number of hydrogen-bond acceptors (Lipinski definition) is 6. The average molecular weight is 394 g/mol. The molecular weight excluding hydrogens is 368 g/mol. The summed E-state index contributed by atoms with van der Waals surface area (Å²) in [4.78, 5) is 19.1. The van der Waals surface area contributed by atoms with E-state index in [4.69, 9.17) is 9.47 Å². The van der Waals surface area contributed by atoms with Crippen molar-refractivity contribution in [2.24, 2.45) is 0 Å². The molecule has 5 rings (SSSR count). The van der Waals surface area contributed by atoms with E-state index in [0.29, 0.717) is 29.1 Å². The van der Waals surface area contributed by atoms with Crippen LogP contribution in [0, 0.1) is 0 Å². The largest absolute Gasteiger partial charge is 0.456 e. The number of pyridine rings is 1. The van der Waals surface area contributed by atoms with E-state index in [9.17, 15) is 4.79 Å². The Bertz CT molecular complexity index is 867. The van der Waals surface area contributed by atoms with Gasteiger partial charge < -0.3 is 25.0 Å². The quantitative estimate of drug-likeness (QED) is 0.811. The van der Waals surface area contributed by atoms with E-state index in [-0.39, 0.29) is 11.9 Å². The van der Waals surface area contributed by atoms with Crippen molar-refractivity contribution in [1.29, 1.82) is 0 Å². The fraction of sp³-hybridized carbons (Fsp3) is 0.455. The molecule has 3 fully saturated rings. The second-order valence-electron chi connectivity index (χ2n) is 7.97. The lowest BCUT2D eigenvalue weighted by atomic mass is 9.95. The van der Waals surface area contributed by atoms with E-state index in [1.54, 1.807) is 6.20 Å². The van der Waals surface area contributed by atoms with Crippen molar-refractivity contribution in [3.05, 3.63) is 48.3 Å². The number of aromatic nitrogens is 1. The first-order valence-electron chi connectivity index (χ1n) is 10.4. The molecular formula is C22H26N4O3. The summed E-state index contributed by atoms with van der Waals surface area (Å²) in [7, 11) is 0. The van der Waals surface area contributed by atoms with Gasteiger partial charge in [-0.25, -0.2) is 0 Å². The highest BCUT2D eigenvalue weighted by Crippen LogP contribution is 2.29. The molecule has 2 aromatic rings. The highest BCUT2D eigenvalue weighted by molar-refractivity contribution is 5.94. The minimum Gasteiger partial charge on any atom is -0.456 e. The van der Waals surface area contributed by atoms with Crippen LogP contribution in [0.25, 0.3) is 0 Å². The first kappa shape index (κ1) is 18.4. The number of benzene rings is 1. The number of hydrogen-bond donors (Lipinski definition) is 2. The summed E-state index contributed by atoms with van der Waals surface area (Å²) in [6.45, 7) is 3.17. The molecule has 1 amide bonds. The summed E-state index contributed by atoms with van der Waals surface area (Å²) >= 11 is 0. The van der Waals surface area contributed by atoms with Gasteiger partial charge in [-0.1, -0.05) is 0 Å². The van der Waals surface area contributed by atoms with Crippen LogP contribution in [0.3, 0.4) is 0 Å². The topological polar surface area (TPSA) is 75.7 Å². The van der Waals surface area contributed by atoms with E-state index >= 15 is 0 Å². The summed E-state index contributed by atoms with van der Waals surface area (Å²) < 4.78 is 11.4. The van der Waals surface area contributed by atoms with Crippen LogP contribution in [0.4, 0.5) is 5.69 Å². The minimum absolute atomic E-state index is 0.0214. The van der Waals surface area contributed by atoms with Crippen LogP contribution in [0.5, 0.6) is 11.5 Å². The Balaban J connectivity index is 1.21. The highest BCUT2D eigenvalue weighted by atomic mass is 16.5. The third-order valence-corrected chi connectivity index (χ3v) is 6.04. The Kier molecular flexibility index (Phi) is 5.08. The Hall–Kier alpha value is -2.64. The standard InChI is InChI=1S/C22H26N4O3/c27-22(25-21-11-16-3-6-20(21)24-16)15-1-4-18(5-2-15)29-19-12-17(13-23-14-19)26-7-9-28-10-8-26/h1-2,4-5,12-14,16,20-21,24H,3,6-11H2,(H,25,27)/t16-,20+,21-/m1/s1. The van der Waals surface area contributed by atoms with Gasteiger partial charge in [0.05, 0.1) is 31.3 Å². The third-order valence-electron chi connectivity index (χ3n) is 6.04. The van der Waals surface area contributed by atoms with Crippen molar-refractivity contribution in [2.75, 3.05) is 31.2 Å². The van der Waals surface area contributed by atoms with Gasteiger partial charge in [-0.2, -0.15) is 0 Å². The molecule has 1 aromatic carbocycles. The molecule has 3 saturated heterocycles. The van der Waals surface area contributed by atoms with E-state index in [1.807, 2.05) is 36.5 Å². The molecule has 0 spiro atoms. The van der Waals surface area contributed by atoms with Crippen molar-refractivity contribution in [3.8, 4) is 11.5 Å². The van der Waals surface area contributed by atoms with E-state index < -0.39 is 0 Å². The van der Waals surface area contributed by atoms with E-state index in [0.717, 1.165) is 44.8 Å². The van der Waals surface area contributed by atoms with Gasteiger partial charge in [0.2, 0.25) is 0 Å².